The van der Waals surface area contributed by atoms with Crippen LogP contribution in [0.15, 0.2) is 0 Å². The van der Waals surface area contributed by atoms with Crippen LogP contribution in [0.25, 0.3) is 0 Å². The van der Waals surface area contributed by atoms with Gasteiger partial charge in [-0.15, -0.1) is 0 Å². The first-order chi connectivity index (χ1) is 6.82. The van der Waals surface area contributed by atoms with Crippen molar-refractivity contribution in [3.63, 3.8) is 0 Å². The van der Waals surface area contributed by atoms with E-state index < -0.39 is 0 Å². The number of hydrogen-bond donors (Lipinski definition) is 1. The first-order valence-electron chi connectivity index (χ1n) is 5.41. The lowest BCUT2D eigenvalue weighted by Crippen LogP contribution is -2.50. The SMILES string of the molecule is CC(C)(C)[C@H](N)CN1C(=O)CCCC1=O. The molecule has 0 aromatic heterocycles. The van der Waals surface area contributed by atoms with Gasteiger partial charge in [-0.3, -0.25) is 14.5 Å². The molecule has 0 unspecified atom stereocenters. The fourth-order valence-corrected chi connectivity index (χ4v) is 1.47. The Kier molecular flexibility index (Phi) is 3.50. The highest BCUT2D eigenvalue weighted by atomic mass is 16.2. The van der Waals surface area contributed by atoms with Crippen LogP contribution in [-0.4, -0.2) is 29.3 Å². The van der Waals surface area contributed by atoms with Gasteiger partial charge in [-0.05, 0) is 11.8 Å². The highest BCUT2D eigenvalue weighted by Crippen LogP contribution is 2.20. The molecule has 0 aromatic rings. The zero-order chi connectivity index (χ0) is 11.6. The summed E-state index contributed by atoms with van der Waals surface area (Å²) >= 11 is 0. The fourth-order valence-electron chi connectivity index (χ4n) is 1.47. The number of carbonyl (C=O) groups is 2. The summed E-state index contributed by atoms with van der Waals surface area (Å²) in [6.45, 7) is 6.38. The van der Waals surface area contributed by atoms with Gasteiger partial charge in [0.05, 0.1) is 0 Å². The molecule has 1 rings (SSSR count). The predicted octanol–water partition coefficient (Wildman–Crippen LogP) is 0.899. The molecule has 1 saturated heterocycles. The van der Waals surface area contributed by atoms with Gasteiger partial charge >= 0.3 is 0 Å². The van der Waals surface area contributed by atoms with Crippen molar-refractivity contribution in [3.8, 4) is 0 Å². The standard InChI is InChI=1S/C11H20N2O2/c1-11(2,3)8(12)7-13-9(14)5-4-6-10(13)15/h8H,4-7,12H2,1-3H3/t8-/m1/s1. The number of rotatable bonds is 2. The Balaban J connectivity index is 2.63. The summed E-state index contributed by atoms with van der Waals surface area (Å²) < 4.78 is 0. The van der Waals surface area contributed by atoms with Gasteiger partial charge < -0.3 is 5.73 Å². The first-order valence-corrected chi connectivity index (χ1v) is 5.41. The van der Waals surface area contributed by atoms with E-state index in [-0.39, 0.29) is 23.3 Å². The molecule has 1 aliphatic heterocycles. The predicted molar refractivity (Wildman–Crippen MR) is 58.0 cm³/mol. The van der Waals surface area contributed by atoms with Crippen LogP contribution in [-0.2, 0) is 9.59 Å². The van der Waals surface area contributed by atoms with Crippen molar-refractivity contribution in [2.75, 3.05) is 6.54 Å². The van der Waals surface area contributed by atoms with E-state index in [1.165, 1.54) is 4.90 Å². The average Bonchev–Trinajstić information content (AvgIpc) is 2.09. The molecule has 86 valence electrons. The third kappa shape index (κ3) is 3.02. The summed E-state index contributed by atoms with van der Waals surface area (Å²) in [6, 6.07) is -0.163. The number of hydrogen-bond acceptors (Lipinski definition) is 3. The number of piperidine rings is 1. The van der Waals surface area contributed by atoms with Crippen LogP contribution in [0.1, 0.15) is 40.0 Å². The van der Waals surface area contributed by atoms with Crippen molar-refractivity contribution >= 4 is 11.8 Å². The Hall–Kier alpha value is -0.900. The lowest BCUT2D eigenvalue weighted by molar-refractivity contribution is -0.148. The lowest BCUT2D eigenvalue weighted by atomic mass is 9.87. The highest BCUT2D eigenvalue weighted by Gasteiger charge is 2.30. The molecule has 15 heavy (non-hydrogen) atoms. The summed E-state index contributed by atoms with van der Waals surface area (Å²) in [5.41, 5.74) is 5.87. The largest absolute Gasteiger partial charge is 0.326 e. The first kappa shape index (κ1) is 12.2. The summed E-state index contributed by atoms with van der Waals surface area (Å²) in [6.07, 6.45) is 1.63. The van der Waals surface area contributed by atoms with Crippen LogP contribution >= 0.6 is 0 Å². The van der Waals surface area contributed by atoms with E-state index in [4.69, 9.17) is 5.73 Å². The van der Waals surface area contributed by atoms with E-state index in [1.54, 1.807) is 0 Å². The van der Waals surface area contributed by atoms with E-state index in [0.29, 0.717) is 25.8 Å². The van der Waals surface area contributed by atoms with Gasteiger partial charge in [-0.1, -0.05) is 20.8 Å². The maximum absolute atomic E-state index is 11.5. The second-order valence-electron chi connectivity index (χ2n) is 5.22. The monoisotopic (exact) mass is 212 g/mol. The summed E-state index contributed by atoms with van der Waals surface area (Å²) in [5, 5.41) is 0. The Morgan fingerprint density at radius 2 is 1.73 bits per heavy atom. The maximum Gasteiger partial charge on any atom is 0.229 e. The molecule has 1 fully saturated rings. The van der Waals surface area contributed by atoms with Crippen molar-refractivity contribution in [3.05, 3.63) is 0 Å². The second kappa shape index (κ2) is 4.31. The minimum Gasteiger partial charge on any atom is -0.326 e. The molecule has 0 aromatic carbocycles. The maximum atomic E-state index is 11.5. The van der Waals surface area contributed by atoms with E-state index in [9.17, 15) is 9.59 Å². The number of likely N-dealkylation sites (tertiary alicyclic amines) is 1. The molecule has 1 heterocycles. The number of nitrogens with two attached hydrogens (primary N) is 1. The molecule has 2 N–H and O–H groups in total. The van der Waals surface area contributed by atoms with Crippen LogP contribution in [0.2, 0.25) is 0 Å². The lowest BCUT2D eigenvalue weighted by Gasteiger charge is -2.33. The molecule has 1 atom stereocenters. The minimum atomic E-state index is -0.163. The number of imide groups is 1. The van der Waals surface area contributed by atoms with Gasteiger partial charge in [0.25, 0.3) is 0 Å². The van der Waals surface area contributed by atoms with Gasteiger partial charge in [0, 0.05) is 25.4 Å². The van der Waals surface area contributed by atoms with E-state index >= 15 is 0 Å². The summed E-state index contributed by atoms with van der Waals surface area (Å²) in [5.74, 6) is -0.156. The molecule has 4 heteroatoms. The van der Waals surface area contributed by atoms with Crippen LogP contribution in [0.3, 0.4) is 0 Å². The average molecular weight is 212 g/mol. The van der Waals surface area contributed by atoms with Crippen molar-refractivity contribution in [1.82, 2.24) is 4.90 Å². The molecule has 0 radical (unpaired) electrons. The zero-order valence-corrected chi connectivity index (χ0v) is 9.75. The van der Waals surface area contributed by atoms with Crippen LogP contribution in [0.5, 0.6) is 0 Å². The van der Waals surface area contributed by atoms with E-state index in [0.717, 1.165) is 0 Å². The number of nitrogens with zero attached hydrogens (tertiary/aromatic N) is 1. The minimum absolute atomic E-state index is 0.0778. The highest BCUT2D eigenvalue weighted by molar-refractivity contribution is 5.97. The Bertz CT molecular complexity index is 252. The van der Waals surface area contributed by atoms with Crippen LogP contribution < -0.4 is 5.73 Å². The molecular formula is C11H20N2O2. The molecule has 2 amide bonds. The van der Waals surface area contributed by atoms with E-state index in [1.807, 2.05) is 20.8 Å². The molecule has 1 aliphatic rings. The summed E-state index contributed by atoms with van der Waals surface area (Å²) in [7, 11) is 0. The smallest absolute Gasteiger partial charge is 0.229 e. The third-order valence-corrected chi connectivity index (χ3v) is 2.88. The molecule has 4 nitrogen and oxygen atoms in total. The van der Waals surface area contributed by atoms with Gasteiger partial charge in [-0.2, -0.15) is 0 Å². The number of amides is 2. The molecule has 0 spiro atoms. The topological polar surface area (TPSA) is 63.4 Å². The normalized spacial score (nSPS) is 20.7. The molecule has 0 saturated carbocycles. The van der Waals surface area contributed by atoms with Gasteiger partial charge in [-0.25, -0.2) is 0 Å². The van der Waals surface area contributed by atoms with Crippen LogP contribution in [0, 0.1) is 5.41 Å². The quantitative estimate of drug-likeness (QED) is 0.692. The Morgan fingerprint density at radius 3 is 2.13 bits per heavy atom. The van der Waals surface area contributed by atoms with Gasteiger partial charge in [0.15, 0.2) is 0 Å². The third-order valence-electron chi connectivity index (χ3n) is 2.88. The Labute approximate surface area is 90.8 Å². The van der Waals surface area contributed by atoms with E-state index in [2.05, 4.69) is 0 Å². The van der Waals surface area contributed by atoms with Crippen molar-refractivity contribution in [2.45, 2.75) is 46.1 Å². The molecule has 0 aliphatic carbocycles. The van der Waals surface area contributed by atoms with Gasteiger partial charge in [0.2, 0.25) is 11.8 Å². The molecule has 0 bridgehead atoms. The molecular weight excluding hydrogens is 192 g/mol. The second-order valence-corrected chi connectivity index (χ2v) is 5.22. The van der Waals surface area contributed by atoms with Crippen molar-refractivity contribution < 1.29 is 9.59 Å². The van der Waals surface area contributed by atoms with Crippen LogP contribution in [0.4, 0.5) is 0 Å². The zero-order valence-electron chi connectivity index (χ0n) is 9.75. The fraction of sp³-hybridized carbons (Fsp3) is 0.818. The Morgan fingerprint density at radius 1 is 1.27 bits per heavy atom. The number of carbonyl (C=O) groups excluding carboxylic acids is 2. The summed E-state index contributed by atoms with van der Waals surface area (Å²) in [4.78, 5) is 24.4. The van der Waals surface area contributed by atoms with Crippen molar-refractivity contribution in [1.29, 1.82) is 0 Å². The van der Waals surface area contributed by atoms with Crippen molar-refractivity contribution in [2.24, 2.45) is 11.1 Å². The van der Waals surface area contributed by atoms with Gasteiger partial charge in [0.1, 0.15) is 0 Å².